The summed E-state index contributed by atoms with van der Waals surface area (Å²) in [6.45, 7) is 0.0521. The van der Waals surface area contributed by atoms with E-state index in [4.69, 9.17) is 0 Å². The molecule has 0 atom stereocenters. The maximum absolute atomic E-state index is 12.0. The summed E-state index contributed by atoms with van der Waals surface area (Å²) in [6.07, 6.45) is -0.0789. The Morgan fingerprint density at radius 3 is 2.44 bits per heavy atom. The normalized spacial score (nSPS) is 15.1. The summed E-state index contributed by atoms with van der Waals surface area (Å²) in [4.78, 5) is 37.8. The third kappa shape index (κ3) is 2.11. The van der Waals surface area contributed by atoms with Gasteiger partial charge in [0.05, 0.1) is 24.2 Å². The van der Waals surface area contributed by atoms with Crippen molar-refractivity contribution in [1.82, 2.24) is 4.90 Å². The predicted molar refractivity (Wildman–Crippen MR) is 66.4 cm³/mol. The molecule has 1 fully saturated rings. The van der Waals surface area contributed by atoms with Crippen molar-refractivity contribution >= 4 is 23.3 Å². The Labute approximate surface area is 105 Å². The number of carbonyl (C=O) groups is 3. The highest BCUT2D eigenvalue weighted by Gasteiger charge is 2.31. The van der Waals surface area contributed by atoms with Crippen molar-refractivity contribution in [2.45, 2.75) is 6.42 Å². The van der Waals surface area contributed by atoms with E-state index in [1.165, 1.54) is 9.80 Å². The molecule has 0 saturated carbocycles. The molecule has 1 aromatic carbocycles. The molecule has 1 heterocycles. The predicted octanol–water partition coefficient (Wildman–Crippen LogP) is 0.694. The number of ketones is 1. The highest BCUT2D eigenvalue weighted by molar-refractivity contribution is 6.17. The maximum Gasteiger partial charge on any atom is 0.255 e. The fraction of sp³-hybridized carbons (Fsp3) is 0.308. The molecule has 0 aliphatic carbocycles. The van der Waals surface area contributed by atoms with Crippen molar-refractivity contribution < 1.29 is 14.4 Å². The van der Waals surface area contributed by atoms with Crippen LogP contribution in [0.4, 0.5) is 5.69 Å². The minimum Gasteiger partial charge on any atom is -0.345 e. The van der Waals surface area contributed by atoms with Gasteiger partial charge in [-0.05, 0) is 12.1 Å². The molecule has 1 saturated heterocycles. The molecule has 5 nitrogen and oxygen atoms in total. The van der Waals surface area contributed by atoms with Crippen LogP contribution in [0, 0.1) is 0 Å². The summed E-state index contributed by atoms with van der Waals surface area (Å²) in [5, 5.41) is 0. The first-order chi connectivity index (χ1) is 8.50. The van der Waals surface area contributed by atoms with Crippen LogP contribution in [-0.2, 0) is 9.59 Å². The smallest absolute Gasteiger partial charge is 0.255 e. The summed E-state index contributed by atoms with van der Waals surface area (Å²) in [7, 11) is 3.30. The molecule has 0 N–H and O–H groups in total. The Bertz CT molecular complexity index is 523. The number of hydrogen-bond donors (Lipinski definition) is 0. The summed E-state index contributed by atoms with van der Waals surface area (Å²) in [6, 6.07) is 6.83. The Hall–Kier alpha value is -2.17. The SMILES string of the molecule is CN(C)C(=O)c1ccccc1N1CC(=O)CC1=O. The number of hydrogen-bond acceptors (Lipinski definition) is 3. The lowest BCUT2D eigenvalue weighted by Crippen LogP contribution is -2.29. The molecule has 5 heteroatoms. The van der Waals surface area contributed by atoms with Gasteiger partial charge in [-0.25, -0.2) is 0 Å². The minimum atomic E-state index is -0.251. The van der Waals surface area contributed by atoms with E-state index in [2.05, 4.69) is 0 Å². The van der Waals surface area contributed by atoms with Crippen molar-refractivity contribution in [2.24, 2.45) is 0 Å². The first-order valence-corrected chi connectivity index (χ1v) is 5.63. The molecule has 0 unspecified atom stereocenters. The van der Waals surface area contributed by atoms with Crippen LogP contribution >= 0.6 is 0 Å². The molecule has 0 radical (unpaired) electrons. The number of Topliss-reactive ketones (excluding diaryl/α,β-unsaturated/α-hetero) is 1. The standard InChI is InChI=1S/C13H14N2O3/c1-14(2)13(18)10-5-3-4-6-11(10)15-8-9(16)7-12(15)17/h3-6H,7-8H2,1-2H3. The van der Waals surface area contributed by atoms with Crippen LogP contribution in [0.5, 0.6) is 0 Å². The molecular weight excluding hydrogens is 232 g/mol. The topological polar surface area (TPSA) is 57.7 Å². The Balaban J connectivity index is 2.42. The lowest BCUT2D eigenvalue weighted by Gasteiger charge is -2.20. The zero-order valence-corrected chi connectivity index (χ0v) is 10.3. The molecule has 18 heavy (non-hydrogen) atoms. The van der Waals surface area contributed by atoms with Crippen molar-refractivity contribution in [3.05, 3.63) is 29.8 Å². The van der Waals surface area contributed by atoms with Crippen molar-refractivity contribution in [3.8, 4) is 0 Å². The number of anilines is 1. The van der Waals surface area contributed by atoms with E-state index in [9.17, 15) is 14.4 Å². The number of para-hydroxylation sites is 1. The monoisotopic (exact) mass is 246 g/mol. The van der Waals surface area contributed by atoms with Crippen LogP contribution in [0.25, 0.3) is 0 Å². The molecule has 0 spiro atoms. The van der Waals surface area contributed by atoms with Crippen LogP contribution in [0.3, 0.4) is 0 Å². The molecule has 0 bridgehead atoms. The summed E-state index contributed by atoms with van der Waals surface area (Å²) in [5.41, 5.74) is 0.942. The lowest BCUT2D eigenvalue weighted by atomic mass is 10.1. The van der Waals surface area contributed by atoms with Gasteiger partial charge in [-0.1, -0.05) is 12.1 Å². The number of rotatable bonds is 2. The number of nitrogens with zero attached hydrogens (tertiary/aromatic N) is 2. The zero-order valence-electron chi connectivity index (χ0n) is 10.3. The third-order valence-electron chi connectivity index (χ3n) is 2.82. The zero-order chi connectivity index (χ0) is 13.3. The van der Waals surface area contributed by atoms with E-state index < -0.39 is 0 Å². The third-order valence-corrected chi connectivity index (χ3v) is 2.82. The number of amides is 2. The molecule has 1 aromatic rings. The fourth-order valence-electron chi connectivity index (χ4n) is 1.93. The number of carbonyl (C=O) groups excluding carboxylic acids is 3. The summed E-state index contributed by atoms with van der Waals surface area (Å²) >= 11 is 0. The average Bonchev–Trinajstić information content (AvgIpc) is 2.67. The van der Waals surface area contributed by atoms with E-state index in [1.807, 2.05) is 0 Å². The maximum atomic E-state index is 12.0. The molecule has 0 aromatic heterocycles. The highest BCUT2D eigenvalue weighted by atomic mass is 16.2. The summed E-state index contributed by atoms with van der Waals surface area (Å²) in [5.74, 6) is -0.552. The molecule has 1 aliphatic heterocycles. The van der Waals surface area contributed by atoms with E-state index in [0.29, 0.717) is 11.3 Å². The van der Waals surface area contributed by atoms with E-state index in [0.717, 1.165) is 0 Å². The quantitative estimate of drug-likeness (QED) is 0.721. The van der Waals surface area contributed by atoms with Gasteiger partial charge in [0.1, 0.15) is 0 Å². The van der Waals surface area contributed by atoms with Crippen LogP contribution in [0.2, 0.25) is 0 Å². The Morgan fingerprint density at radius 1 is 1.22 bits per heavy atom. The first kappa shape index (κ1) is 12.3. The fourth-order valence-corrected chi connectivity index (χ4v) is 1.93. The summed E-state index contributed by atoms with van der Waals surface area (Å²) < 4.78 is 0. The van der Waals surface area contributed by atoms with Gasteiger partial charge in [0.25, 0.3) is 5.91 Å². The first-order valence-electron chi connectivity index (χ1n) is 5.63. The van der Waals surface area contributed by atoms with Crippen LogP contribution in [0.15, 0.2) is 24.3 Å². The van der Waals surface area contributed by atoms with Crippen LogP contribution in [0.1, 0.15) is 16.8 Å². The van der Waals surface area contributed by atoms with Crippen molar-refractivity contribution in [3.63, 3.8) is 0 Å². The second-order valence-electron chi connectivity index (χ2n) is 4.41. The van der Waals surface area contributed by atoms with Gasteiger partial charge in [0, 0.05) is 14.1 Å². The van der Waals surface area contributed by atoms with E-state index in [1.54, 1.807) is 38.4 Å². The highest BCUT2D eigenvalue weighted by Crippen LogP contribution is 2.25. The molecule has 2 amide bonds. The average molecular weight is 246 g/mol. The Kier molecular flexibility index (Phi) is 3.14. The second kappa shape index (κ2) is 4.60. The van der Waals surface area contributed by atoms with Gasteiger partial charge >= 0.3 is 0 Å². The van der Waals surface area contributed by atoms with Crippen molar-refractivity contribution in [1.29, 1.82) is 0 Å². The van der Waals surface area contributed by atoms with Crippen LogP contribution < -0.4 is 4.90 Å². The van der Waals surface area contributed by atoms with Crippen molar-refractivity contribution in [2.75, 3.05) is 25.5 Å². The van der Waals surface area contributed by atoms with Gasteiger partial charge in [0.15, 0.2) is 5.78 Å². The van der Waals surface area contributed by atoms with Gasteiger partial charge in [-0.15, -0.1) is 0 Å². The number of benzene rings is 1. The van der Waals surface area contributed by atoms with E-state index >= 15 is 0 Å². The van der Waals surface area contributed by atoms with Gasteiger partial charge < -0.3 is 9.80 Å². The minimum absolute atomic E-state index is 0.0521. The van der Waals surface area contributed by atoms with Gasteiger partial charge in [-0.3, -0.25) is 14.4 Å². The molecule has 94 valence electrons. The van der Waals surface area contributed by atoms with Crippen LogP contribution in [-0.4, -0.2) is 43.1 Å². The lowest BCUT2D eigenvalue weighted by molar-refractivity contribution is -0.121. The molecule has 2 rings (SSSR count). The van der Waals surface area contributed by atoms with Gasteiger partial charge in [-0.2, -0.15) is 0 Å². The van der Waals surface area contributed by atoms with Gasteiger partial charge in [0.2, 0.25) is 5.91 Å². The Morgan fingerprint density at radius 2 is 1.89 bits per heavy atom. The van der Waals surface area contributed by atoms with E-state index in [-0.39, 0.29) is 30.6 Å². The molecule has 1 aliphatic rings. The molecular formula is C13H14N2O3. The second-order valence-corrected chi connectivity index (χ2v) is 4.41. The largest absolute Gasteiger partial charge is 0.345 e.